The Morgan fingerprint density at radius 3 is 1.49 bits per heavy atom. The number of nitrogens with zero attached hydrogens (tertiary/aromatic N) is 5. The maximum Gasteiger partial charge on any atom is 0.408 e. The van der Waals surface area contributed by atoms with Gasteiger partial charge in [0, 0.05) is 33.6 Å². The van der Waals surface area contributed by atoms with Crippen LogP contribution in [0.4, 0.5) is 25.4 Å². The van der Waals surface area contributed by atoms with Gasteiger partial charge in [-0.1, -0.05) is 110 Å². The third-order valence-corrected chi connectivity index (χ3v) is 17.0. The van der Waals surface area contributed by atoms with Crippen LogP contribution >= 0.6 is 44.3 Å². The number of nitrogens with one attached hydrogen (secondary N) is 4. The van der Waals surface area contributed by atoms with E-state index in [1.165, 1.54) is 51.8 Å². The molecule has 1 aromatic heterocycles. The van der Waals surface area contributed by atoms with E-state index in [1.807, 2.05) is 90.1 Å². The summed E-state index contributed by atoms with van der Waals surface area (Å²) in [4.78, 5) is 63.5. The summed E-state index contributed by atoms with van der Waals surface area (Å²) in [7, 11) is 0. The zero-order valence-corrected chi connectivity index (χ0v) is 57.1. The zero-order chi connectivity index (χ0) is 66.4. The second-order valence-corrected chi connectivity index (χ2v) is 26.9. The summed E-state index contributed by atoms with van der Waals surface area (Å²) in [5.41, 5.74) is 26.2. The van der Waals surface area contributed by atoms with Crippen molar-refractivity contribution in [3.05, 3.63) is 243 Å². The van der Waals surface area contributed by atoms with Crippen LogP contribution in [0, 0.1) is 37.2 Å². The predicted octanol–water partition coefficient (Wildman–Crippen LogP) is 15.9. The molecule has 93 heavy (non-hydrogen) atoms. The Bertz CT molecular complexity index is 4020. The smallest absolute Gasteiger partial charge is 0.408 e. The Morgan fingerprint density at radius 2 is 1.00 bits per heavy atom. The molecule has 17 nitrogen and oxygen atoms in total. The molecule has 0 aliphatic heterocycles. The summed E-state index contributed by atoms with van der Waals surface area (Å²) in [5.74, 6) is -1.17. The number of carbonyl (C=O) groups is 4. The third kappa shape index (κ3) is 20.2. The van der Waals surface area contributed by atoms with Gasteiger partial charge in [0.2, 0.25) is 0 Å². The molecular weight excluding hydrogens is 1330 g/mol. The summed E-state index contributed by atoms with van der Waals surface area (Å²) >= 11 is 6.91. The molecular formula is C72H77Br2ClFN11O6. The Balaban J connectivity index is 0.000000174. The molecule has 8 N–H and O–H groups in total. The van der Waals surface area contributed by atoms with Gasteiger partial charge in [0.1, 0.15) is 34.7 Å². The van der Waals surface area contributed by atoms with Gasteiger partial charge in [-0.25, -0.2) is 33.6 Å². The van der Waals surface area contributed by atoms with E-state index in [2.05, 4.69) is 109 Å². The number of nitrogens with two attached hydrogens (primary N) is 2. The van der Waals surface area contributed by atoms with Crippen molar-refractivity contribution < 1.29 is 33.0 Å². The lowest BCUT2D eigenvalue weighted by molar-refractivity contribution is 0.0492. The van der Waals surface area contributed by atoms with Gasteiger partial charge in [-0.15, -0.1) is 12.4 Å². The molecule has 0 radical (unpaired) electrons. The molecule has 0 fully saturated rings. The number of alkyl carbamates (subject to hydrolysis) is 2. The highest BCUT2D eigenvalue weighted by molar-refractivity contribution is 9.10. The van der Waals surface area contributed by atoms with E-state index in [4.69, 9.17) is 39.3 Å². The van der Waals surface area contributed by atoms with E-state index >= 15 is 0 Å². The molecule has 484 valence electrons. The van der Waals surface area contributed by atoms with Crippen LogP contribution in [-0.2, 0) is 48.1 Å². The third-order valence-electron chi connectivity index (χ3n) is 16.0. The molecule has 1 heterocycles. The van der Waals surface area contributed by atoms with Crippen molar-refractivity contribution in [2.24, 2.45) is 11.5 Å². The first-order valence-corrected chi connectivity index (χ1v) is 32.1. The van der Waals surface area contributed by atoms with Gasteiger partial charge < -0.3 is 42.2 Å². The van der Waals surface area contributed by atoms with E-state index < -0.39 is 23.0 Å². The van der Waals surface area contributed by atoms with E-state index in [0.717, 1.165) is 107 Å². The van der Waals surface area contributed by atoms with Crippen molar-refractivity contribution in [1.82, 2.24) is 31.2 Å². The monoisotopic (exact) mass is 1400 g/mol. The quantitative estimate of drug-likeness (QED) is 0.0820. The predicted molar refractivity (Wildman–Crippen MR) is 366 cm³/mol. The lowest BCUT2D eigenvalue weighted by Gasteiger charge is -2.22. The van der Waals surface area contributed by atoms with Gasteiger partial charge in [0.15, 0.2) is 11.4 Å². The number of aromatic nitrogens is 2. The lowest BCUT2D eigenvalue weighted by Crippen LogP contribution is -2.34. The van der Waals surface area contributed by atoms with Crippen LogP contribution in [0.15, 0.2) is 131 Å². The van der Waals surface area contributed by atoms with Crippen LogP contribution in [-0.4, -0.2) is 45.2 Å². The number of aryl methyl sites for hydroxylation is 6. The number of hydrogen-bond acceptors (Lipinski definition) is 11. The molecule has 21 heteroatoms. The molecule has 0 bridgehead atoms. The van der Waals surface area contributed by atoms with E-state index in [1.54, 1.807) is 31.2 Å². The molecule has 4 amide bonds. The maximum atomic E-state index is 13.4. The summed E-state index contributed by atoms with van der Waals surface area (Å²) in [6, 6.07) is 37.8. The summed E-state index contributed by atoms with van der Waals surface area (Å²) in [6.45, 7) is 26.8. The molecule has 0 spiro atoms. The molecule has 5 aliphatic carbocycles. The molecule has 0 saturated heterocycles. The van der Waals surface area contributed by atoms with Crippen LogP contribution in [0.1, 0.15) is 197 Å². The van der Waals surface area contributed by atoms with Gasteiger partial charge >= 0.3 is 12.2 Å². The summed E-state index contributed by atoms with van der Waals surface area (Å²) in [5, 5.41) is 20.5. The Labute approximate surface area is 566 Å². The molecule has 0 saturated carbocycles. The van der Waals surface area contributed by atoms with E-state index in [-0.39, 0.29) is 78.6 Å². The summed E-state index contributed by atoms with van der Waals surface area (Å²) in [6.07, 6.45) is 9.91. The fourth-order valence-corrected chi connectivity index (χ4v) is 12.4. The number of halogens is 4. The fourth-order valence-electron chi connectivity index (χ4n) is 11.5. The normalized spacial score (nSPS) is 17.2. The molecule has 12 rings (SSSR count). The lowest BCUT2D eigenvalue weighted by atomic mass is 10.1. The highest BCUT2D eigenvalue weighted by Crippen LogP contribution is 2.37. The largest absolute Gasteiger partial charge is 0.444 e. The number of carbonyl (C=O) groups excluding carboxylic acids is 4. The van der Waals surface area contributed by atoms with Crippen molar-refractivity contribution in [1.29, 1.82) is 5.26 Å². The molecule has 5 atom stereocenters. The Hall–Kier alpha value is -8.55. The minimum absolute atomic E-state index is 0. The van der Waals surface area contributed by atoms with Crippen molar-refractivity contribution in [3.63, 3.8) is 0 Å². The van der Waals surface area contributed by atoms with Gasteiger partial charge in [0.05, 0.1) is 42.9 Å². The highest BCUT2D eigenvalue weighted by atomic mass is 79.9. The van der Waals surface area contributed by atoms with Crippen LogP contribution in [0.3, 0.4) is 0 Å². The van der Waals surface area contributed by atoms with E-state index in [0.29, 0.717) is 16.8 Å². The van der Waals surface area contributed by atoms with Crippen LogP contribution in [0.2, 0.25) is 0 Å². The Kier molecular flexibility index (Phi) is 25.0. The minimum Gasteiger partial charge on any atom is -0.444 e. The van der Waals surface area contributed by atoms with E-state index in [9.17, 15) is 23.6 Å². The Morgan fingerprint density at radius 1 is 0.581 bits per heavy atom. The number of amides is 4. The SMILES string of the molecule is CC(C)(C)OC(=O)N[C@@H]1CCc2cc(Br)ccc21.Cc1cc(CNC(=O)c2cc(C(=O)NC3CCc4cc(C#N)ccc43)ncn2)ccc1F.Cl.NC1CCc2cc(Br)ccc21.[C-]#[N+]c1ccc2c(c1)CC[C@H]2N.[C-]#[N+]c1ccc2c(c1)CC[C@H]2NC(=O)OC(C)(C)C. The van der Waals surface area contributed by atoms with Crippen LogP contribution in [0.25, 0.3) is 9.69 Å². The average molecular weight is 1410 g/mol. The van der Waals surface area contributed by atoms with Gasteiger partial charge in [-0.2, -0.15) is 5.26 Å². The first-order valence-electron chi connectivity index (χ1n) is 30.5. The summed E-state index contributed by atoms with van der Waals surface area (Å²) < 4.78 is 26.2. The minimum atomic E-state index is -0.487. The fraction of sp³-hybridized carbons (Fsp3) is 0.347. The van der Waals surface area contributed by atoms with Crippen LogP contribution in [0.5, 0.6) is 0 Å². The number of hydrogen-bond donors (Lipinski definition) is 6. The van der Waals surface area contributed by atoms with Gasteiger partial charge in [-0.3, -0.25) is 9.59 Å². The first kappa shape index (κ1) is 71.9. The maximum absolute atomic E-state index is 13.4. The van der Waals surface area contributed by atoms with Crippen molar-refractivity contribution in [2.75, 3.05) is 0 Å². The molecule has 5 aliphatic rings. The number of rotatable bonds is 7. The van der Waals surface area contributed by atoms with Crippen molar-refractivity contribution in [2.45, 2.75) is 161 Å². The second kappa shape index (κ2) is 32.3. The molecule has 7 aromatic rings. The second-order valence-electron chi connectivity index (χ2n) is 25.1. The van der Waals surface area contributed by atoms with Gasteiger partial charge in [0.25, 0.3) is 11.8 Å². The standard InChI is InChI=1S/C24H20FN5O2.C15H18N2O2.C14H18BrNO2.C10H10N2.C9H10BrN.ClH/c1-14-8-16(3-6-19(14)25)12-27-23(31)21-10-22(29-13-28-21)24(32)30-20-7-4-17-9-15(11-26)2-5-18(17)20;1-15(2,3)19-14(18)17-13-8-5-10-9-11(16-4)6-7-12(10)13;1-14(2,3)18-13(17)16-12-7-4-9-8-10(15)5-6-11(9)12;1-12-8-3-4-9-7(6-8)2-5-10(9)11;10-7-2-3-8-6(5-7)1-4-9(8)11;/h2-3,5-6,8-10,13,20H,4,7,12H2,1H3,(H,27,31)(H,30,32);6-7,9,13H,5,8H2,1-3H3,(H,17,18);5-6,8,12H,4,7H2,1-3H3,(H,16,17);3-4,6,10H,2,5,11H2;2-3,5,9H,1,4,11H2;1H/t;13-;12-;10-;;/m.111../s1. The van der Waals surface area contributed by atoms with Crippen LogP contribution < -0.4 is 32.7 Å². The average Bonchev–Trinajstić information content (AvgIpc) is 1.75. The number of fused-ring (bicyclic) bond motifs is 5. The molecule has 6 aromatic carbocycles. The first-order chi connectivity index (χ1) is 43.8. The topological polar surface area (TPSA) is 245 Å². The van der Waals surface area contributed by atoms with Crippen molar-refractivity contribution >= 4 is 79.6 Å². The van der Waals surface area contributed by atoms with Crippen molar-refractivity contribution in [3.8, 4) is 6.07 Å². The zero-order valence-electron chi connectivity index (χ0n) is 53.1. The number of benzene rings is 6. The highest BCUT2D eigenvalue weighted by Gasteiger charge is 2.30. The number of ether oxygens (including phenoxy) is 2. The van der Waals surface area contributed by atoms with Gasteiger partial charge in [-0.05, 0) is 211 Å². The molecule has 2 unspecified atom stereocenters. The number of nitriles is 1.